The zero-order chi connectivity index (χ0) is 29.4. The van der Waals surface area contributed by atoms with E-state index in [1.165, 1.54) is 0 Å². The van der Waals surface area contributed by atoms with Gasteiger partial charge in [-0.15, -0.1) is 5.10 Å². The summed E-state index contributed by atoms with van der Waals surface area (Å²) in [7, 11) is 1.81. The number of aryl methyl sites for hydroxylation is 2. The van der Waals surface area contributed by atoms with Crippen molar-refractivity contribution in [1.82, 2.24) is 35.5 Å². The standard InChI is InChI=1S/C30H42N10O2/c1-21-16-32-28(15-25(21)26-5-4-6-27(36-26)33-20-30(19-31)11-13-41-14-12-30)35-24-9-7-23(8-10-24)34-22(2)17-42-18-29-37-38-39-40(29)3/h4-6,15-16,22-24,34H,7-14,17-18,20H2,1-3H3,(H,32,35)(H,33,36)/t22-,23?,24?/m1/s1. The second-order valence-corrected chi connectivity index (χ2v) is 11.6. The van der Waals surface area contributed by atoms with Crippen LogP contribution in [0.3, 0.4) is 0 Å². The molecular formula is C30H42N10O2. The van der Waals surface area contributed by atoms with Crippen LogP contribution in [0.5, 0.6) is 0 Å². The second-order valence-electron chi connectivity index (χ2n) is 11.6. The van der Waals surface area contributed by atoms with Gasteiger partial charge in [0.25, 0.3) is 0 Å². The molecule has 12 heteroatoms. The van der Waals surface area contributed by atoms with Gasteiger partial charge >= 0.3 is 0 Å². The van der Waals surface area contributed by atoms with E-state index in [9.17, 15) is 5.26 Å². The van der Waals surface area contributed by atoms with Crippen molar-refractivity contribution in [2.24, 2.45) is 12.5 Å². The molecule has 0 bridgehead atoms. The molecule has 1 aliphatic carbocycles. The lowest BCUT2D eigenvalue weighted by molar-refractivity contribution is 0.0455. The minimum Gasteiger partial charge on any atom is -0.381 e. The van der Waals surface area contributed by atoms with E-state index in [0.717, 1.165) is 72.8 Å². The number of tetrazole rings is 1. The number of nitriles is 1. The molecule has 1 saturated heterocycles. The van der Waals surface area contributed by atoms with Gasteiger partial charge in [-0.3, -0.25) is 0 Å². The molecular weight excluding hydrogens is 532 g/mol. The molecule has 3 aromatic rings. The summed E-state index contributed by atoms with van der Waals surface area (Å²) in [6, 6.07) is 11.7. The maximum atomic E-state index is 9.78. The first-order valence-corrected chi connectivity index (χ1v) is 14.9. The van der Waals surface area contributed by atoms with Gasteiger partial charge in [0.05, 0.1) is 23.8 Å². The maximum absolute atomic E-state index is 9.78. The van der Waals surface area contributed by atoms with Crippen molar-refractivity contribution < 1.29 is 9.47 Å². The molecule has 5 rings (SSSR count). The maximum Gasteiger partial charge on any atom is 0.176 e. The third-order valence-electron chi connectivity index (χ3n) is 8.33. The Labute approximate surface area is 247 Å². The van der Waals surface area contributed by atoms with E-state index in [1.54, 1.807) is 4.68 Å². The molecule has 1 aliphatic heterocycles. The van der Waals surface area contributed by atoms with Crippen LogP contribution in [0.15, 0.2) is 30.5 Å². The van der Waals surface area contributed by atoms with E-state index in [1.807, 2.05) is 31.4 Å². The zero-order valence-corrected chi connectivity index (χ0v) is 24.8. The van der Waals surface area contributed by atoms with E-state index in [2.05, 4.69) is 62.4 Å². The second kappa shape index (κ2) is 14.0. The third-order valence-corrected chi connectivity index (χ3v) is 8.33. The van der Waals surface area contributed by atoms with Gasteiger partial charge in [0.15, 0.2) is 5.82 Å². The van der Waals surface area contributed by atoms with Crippen LogP contribution >= 0.6 is 0 Å². The highest BCUT2D eigenvalue weighted by Crippen LogP contribution is 2.31. The number of aromatic nitrogens is 6. The largest absolute Gasteiger partial charge is 0.381 e. The first-order valence-electron chi connectivity index (χ1n) is 14.9. The number of anilines is 2. The number of nitrogens with one attached hydrogen (secondary N) is 3. The average molecular weight is 575 g/mol. The zero-order valence-electron chi connectivity index (χ0n) is 24.8. The van der Waals surface area contributed by atoms with Crippen LogP contribution in [0.4, 0.5) is 11.6 Å². The molecule has 0 unspecified atom stereocenters. The van der Waals surface area contributed by atoms with Gasteiger partial charge in [-0.2, -0.15) is 5.26 Å². The molecule has 2 aliphatic rings. The summed E-state index contributed by atoms with van der Waals surface area (Å²) in [5.74, 6) is 2.37. The van der Waals surface area contributed by atoms with Crippen molar-refractivity contribution in [1.29, 1.82) is 5.26 Å². The van der Waals surface area contributed by atoms with Crippen LogP contribution in [0, 0.1) is 23.7 Å². The predicted molar refractivity (Wildman–Crippen MR) is 160 cm³/mol. The lowest BCUT2D eigenvalue weighted by atomic mass is 9.82. The first kappa shape index (κ1) is 29.8. The fourth-order valence-electron chi connectivity index (χ4n) is 5.67. The van der Waals surface area contributed by atoms with Gasteiger partial charge < -0.3 is 25.4 Å². The molecule has 1 atom stereocenters. The van der Waals surface area contributed by atoms with E-state index >= 15 is 0 Å². The number of ether oxygens (including phenoxy) is 2. The molecule has 3 N–H and O–H groups in total. The molecule has 224 valence electrons. The Balaban J connectivity index is 1.11. The smallest absolute Gasteiger partial charge is 0.176 e. The Morgan fingerprint density at radius 3 is 2.69 bits per heavy atom. The summed E-state index contributed by atoms with van der Waals surface area (Å²) in [6.07, 6.45) is 7.73. The van der Waals surface area contributed by atoms with Gasteiger partial charge in [-0.1, -0.05) is 6.07 Å². The Morgan fingerprint density at radius 2 is 1.95 bits per heavy atom. The first-order chi connectivity index (χ1) is 20.4. The number of nitrogens with zero attached hydrogens (tertiary/aromatic N) is 7. The highest BCUT2D eigenvalue weighted by atomic mass is 16.5. The van der Waals surface area contributed by atoms with Crippen LogP contribution in [0.25, 0.3) is 11.3 Å². The SMILES string of the molecule is Cc1cnc(NC2CCC(N[C@H](C)COCc3nnnn3C)CC2)cc1-c1cccc(NCC2(C#N)CCOCC2)n1. The van der Waals surface area contributed by atoms with E-state index in [4.69, 9.17) is 14.5 Å². The minimum atomic E-state index is -0.407. The Kier molecular flexibility index (Phi) is 9.94. The van der Waals surface area contributed by atoms with Gasteiger partial charge in [-0.05, 0) is 86.6 Å². The average Bonchev–Trinajstić information content (AvgIpc) is 3.43. The number of pyridine rings is 2. The molecule has 0 spiro atoms. The Morgan fingerprint density at radius 1 is 1.17 bits per heavy atom. The van der Waals surface area contributed by atoms with Crippen molar-refractivity contribution in [3.63, 3.8) is 0 Å². The summed E-state index contributed by atoms with van der Waals surface area (Å²) in [5, 5.41) is 32.0. The Bertz CT molecular complexity index is 1340. The lowest BCUT2D eigenvalue weighted by Gasteiger charge is -2.32. The summed E-state index contributed by atoms with van der Waals surface area (Å²) in [6.45, 7) is 7.06. The normalized spacial score (nSPS) is 20.9. The minimum absolute atomic E-state index is 0.252. The van der Waals surface area contributed by atoms with Gasteiger partial charge in [-0.25, -0.2) is 14.6 Å². The summed E-state index contributed by atoms with van der Waals surface area (Å²) >= 11 is 0. The van der Waals surface area contributed by atoms with Crippen LogP contribution in [-0.2, 0) is 23.1 Å². The van der Waals surface area contributed by atoms with Gasteiger partial charge in [0.1, 0.15) is 18.2 Å². The van der Waals surface area contributed by atoms with Crippen molar-refractivity contribution in [3.8, 4) is 17.3 Å². The van der Waals surface area contributed by atoms with E-state index in [-0.39, 0.29) is 6.04 Å². The Hall–Kier alpha value is -3.66. The third kappa shape index (κ3) is 7.79. The molecule has 12 nitrogen and oxygen atoms in total. The molecule has 0 aromatic carbocycles. The molecule has 0 amide bonds. The molecule has 3 aromatic heterocycles. The van der Waals surface area contributed by atoms with Crippen LogP contribution in [-0.4, -0.2) is 74.7 Å². The molecule has 42 heavy (non-hydrogen) atoms. The van der Waals surface area contributed by atoms with Crippen molar-refractivity contribution in [2.45, 2.75) is 77.1 Å². The lowest BCUT2D eigenvalue weighted by Crippen LogP contribution is -2.43. The van der Waals surface area contributed by atoms with E-state index in [0.29, 0.717) is 45.1 Å². The summed E-state index contributed by atoms with van der Waals surface area (Å²) in [5.41, 5.74) is 2.61. The molecule has 2 fully saturated rings. The fraction of sp³-hybridized carbons (Fsp3) is 0.600. The summed E-state index contributed by atoms with van der Waals surface area (Å²) < 4.78 is 12.9. The number of rotatable bonds is 12. The van der Waals surface area contributed by atoms with E-state index < -0.39 is 5.41 Å². The molecule has 4 heterocycles. The number of hydrogen-bond acceptors (Lipinski definition) is 11. The van der Waals surface area contributed by atoms with Crippen LogP contribution in [0.2, 0.25) is 0 Å². The van der Waals surface area contributed by atoms with Crippen LogP contribution < -0.4 is 16.0 Å². The van der Waals surface area contributed by atoms with Crippen molar-refractivity contribution in [2.75, 3.05) is 37.0 Å². The van der Waals surface area contributed by atoms with Gasteiger partial charge in [0.2, 0.25) is 0 Å². The number of hydrogen-bond donors (Lipinski definition) is 3. The molecule has 1 saturated carbocycles. The highest BCUT2D eigenvalue weighted by Gasteiger charge is 2.32. The quantitative estimate of drug-likeness (QED) is 0.291. The molecule has 0 radical (unpaired) electrons. The highest BCUT2D eigenvalue weighted by molar-refractivity contribution is 5.68. The van der Waals surface area contributed by atoms with Gasteiger partial charge in [0, 0.05) is 56.7 Å². The van der Waals surface area contributed by atoms with Crippen molar-refractivity contribution >= 4 is 11.6 Å². The van der Waals surface area contributed by atoms with Crippen LogP contribution in [0.1, 0.15) is 56.8 Å². The predicted octanol–water partition coefficient (Wildman–Crippen LogP) is 3.63. The monoisotopic (exact) mass is 574 g/mol. The summed E-state index contributed by atoms with van der Waals surface area (Å²) in [4.78, 5) is 9.56. The fourth-order valence-corrected chi connectivity index (χ4v) is 5.67. The van der Waals surface area contributed by atoms with Crippen molar-refractivity contribution in [3.05, 3.63) is 41.9 Å². The topological polar surface area (TPSA) is 148 Å².